The molecule has 108 heavy (non-hydrogen) atoms. The summed E-state index contributed by atoms with van der Waals surface area (Å²) in [4.78, 5) is 48.7. The van der Waals surface area contributed by atoms with Crippen molar-refractivity contribution < 1.29 is 0 Å². The van der Waals surface area contributed by atoms with Gasteiger partial charge in [0.2, 0.25) is 0 Å². The van der Waals surface area contributed by atoms with Gasteiger partial charge in [-0.05, 0) is 164 Å². The van der Waals surface area contributed by atoms with Crippen LogP contribution in [-0.4, -0.2) is 49.8 Å². The summed E-state index contributed by atoms with van der Waals surface area (Å²) in [6, 6.07) is 111. The van der Waals surface area contributed by atoms with Crippen molar-refractivity contribution in [2.75, 3.05) is 0 Å². The second-order valence-electron chi connectivity index (χ2n) is 27.5. The fraction of sp³-hybridized carbons (Fsp3) is 0. The van der Waals surface area contributed by atoms with Gasteiger partial charge in [0.25, 0.3) is 0 Å². The lowest BCUT2D eigenvalue weighted by Crippen LogP contribution is -1.95. The molecule has 0 amide bonds. The lowest BCUT2D eigenvalue weighted by molar-refractivity contribution is 1.35. The van der Waals surface area contributed by atoms with Gasteiger partial charge in [0.05, 0.1) is 78.3 Å². The molecule has 0 radical (unpaired) electrons. The first-order valence-electron chi connectivity index (χ1n) is 36.1. The van der Waals surface area contributed by atoms with Crippen LogP contribution in [0.2, 0.25) is 0 Å². The van der Waals surface area contributed by atoms with Gasteiger partial charge in [0.15, 0.2) is 0 Å². The minimum Gasteiger partial charge on any atom is -0.264 e. The van der Waals surface area contributed by atoms with Crippen molar-refractivity contribution in [1.29, 1.82) is 0 Å². The van der Waals surface area contributed by atoms with E-state index in [1.54, 1.807) is 0 Å². The maximum Gasteiger partial charge on any atom is 0.0972 e. The van der Waals surface area contributed by atoms with E-state index in [1.807, 2.05) is 55.4 Å². The summed E-state index contributed by atoms with van der Waals surface area (Å²) in [5, 5.41) is 17.8. The van der Waals surface area contributed by atoms with E-state index in [0.717, 1.165) is 220 Å². The van der Waals surface area contributed by atoms with Crippen molar-refractivity contribution in [3.05, 3.63) is 353 Å². The van der Waals surface area contributed by atoms with E-state index >= 15 is 0 Å². The maximum atomic E-state index is 5.33. The fourth-order valence-corrected chi connectivity index (χ4v) is 15.7. The van der Waals surface area contributed by atoms with Crippen LogP contribution in [-0.2, 0) is 0 Å². The van der Waals surface area contributed by atoms with Crippen molar-refractivity contribution in [3.8, 4) is 89.8 Å². The molecule has 0 fully saturated rings. The van der Waals surface area contributed by atoms with Crippen LogP contribution in [0.5, 0.6) is 0 Å². The molecule has 0 aliphatic rings. The molecular weight excluding hydrogens is 1320 g/mol. The van der Waals surface area contributed by atoms with E-state index in [9.17, 15) is 0 Å². The molecule has 0 atom stereocenters. The quantitative estimate of drug-likeness (QED) is 0.107. The molecule has 500 valence electrons. The van der Waals surface area contributed by atoms with Crippen LogP contribution >= 0.6 is 0 Å². The molecule has 0 spiro atoms. The van der Waals surface area contributed by atoms with Gasteiger partial charge in [-0.15, -0.1) is 0 Å². The summed E-state index contributed by atoms with van der Waals surface area (Å²) in [6.07, 6.45) is 11.1. The Bertz CT molecular complexity index is 7400. The van der Waals surface area contributed by atoms with Crippen molar-refractivity contribution in [3.63, 3.8) is 0 Å². The minimum atomic E-state index is 0.910. The van der Waals surface area contributed by atoms with Gasteiger partial charge in [-0.2, -0.15) is 0 Å². The van der Waals surface area contributed by atoms with Gasteiger partial charge >= 0.3 is 0 Å². The monoisotopic (exact) mass is 1370 g/mol. The predicted octanol–water partition coefficient (Wildman–Crippen LogP) is 24.5. The highest BCUT2D eigenvalue weighted by molar-refractivity contribution is 6.21. The first-order chi connectivity index (χ1) is 53.5. The lowest BCUT2D eigenvalue weighted by atomic mass is 9.88. The third kappa shape index (κ3) is 10.9. The molecule has 0 bridgehead atoms. The number of nitrogens with zero attached hydrogens (tertiary/aromatic N) is 10. The summed E-state index contributed by atoms with van der Waals surface area (Å²) < 4.78 is 0. The smallest absolute Gasteiger partial charge is 0.0972 e. The summed E-state index contributed by atoms with van der Waals surface area (Å²) in [5.41, 5.74) is 24.3. The highest BCUT2D eigenvalue weighted by Crippen LogP contribution is 2.45. The zero-order valence-corrected chi connectivity index (χ0v) is 58.0. The Labute approximate surface area is 618 Å². The molecule has 0 N–H and O–H groups in total. The number of benzene rings is 12. The van der Waals surface area contributed by atoms with Crippen LogP contribution in [0.1, 0.15) is 0 Å². The van der Waals surface area contributed by atoms with Gasteiger partial charge < -0.3 is 0 Å². The SMILES string of the molecule is c1cc(-c2ccc3cc(-c4ccc5nc(-c6c7ccccc7c(-c7ccc8ccc9cccnc9c8n7)c7ccccc67)ccc5c4)ccc3n2)c2cnccc2c1.c1cc(-c2ccc3cc(-c4ccc5nc(-c6ccc(-c7ccc8ccc9cccnc9c8n7)cc6)ccc5c4)ccc3n2)c2ccncc2c1. The zero-order chi connectivity index (χ0) is 71.2. The molecule has 0 saturated carbocycles. The largest absolute Gasteiger partial charge is 0.264 e. The van der Waals surface area contributed by atoms with Crippen molar-refractivity contribution in [2.24, 2.45) is 0 Å². The van der Waals surface area contributed by atoms with Gasteiger partial charge in [-0.25, -0.2) is 29.9 Å². The number of pyridine rings is 10. The van der Waals surface area contributed by atoms with Gasteiger partial charge in [-0.3, -0.25) is 19.9 Å². The van der Waals surface area contributed by atoms with Gasteiger partial charge in [-0.1, -0.05) is 206 Å². The Morgan fingerprint density at radius 1 is 0.176 bits per heavy atom. The van der Waals surface area contributed by atoms with Crippen LogP contribution in [0, 0.1) is 0 Å². The summed E-state index contributed by atoms with van der Waals surface area (Å²) in [5.74, 6) is 0. The molecule has 10 heterocycles. The second kappa shape index (κ2) is 25.6. The molecule has 22 rings (SSSR count). The van der Waals surface area contributed by atoms with Crippen LogP contribution in [0.15, 0.2) is 353 Å². The van der Waals surface area contributed by atoms with Gasteiger partial charge in [0, 0.05) is 124 Å². The molecule has 0 aliphatic carbocycles. The molecule has 0 saturated heterocycles. The second-order valence-corrected chi connectivity index (χ2v) is 27.5. The third-order valence-electron chi connectivity index (χ3n) is 21.1. The molecule has 10 aromatic heterocycles. The molecule has 0 unspecified atom stereocenters. The Morgan fingerprint density at radius 2 is 0.528 bits per heavy atom. The Hall–Kier alpha value is -14.7. The number of aromatic nitrogens is 10. The van der Waals surface area contributed by atoms with Crippen molar-refractivity contribution >= 4 is 130 Å². The molecule has 22 aromatic rings. The molecule has 12 aromatic carbocycles. The van der Waals surface area contributed by atoms with Crippen LogP contribution in [0.25, 0.3) is 220 Å². The number of hydrogen-bond acceptors (Lipinski definition) is 10. The van der Waals surface area contributed by atoms with E-state index in [4.69, 9.17) is 34.9 Å². The number of hydrogen-bond donors (Lipinski definition) is 0. The van der Waals surface area contributed by atoms with E-state index in [1.165, 1.54) is 0 Å². The summed E-state index contributed by atoms with van der Waals surface area (Å²) in [7, 11) is 0. The van der Waals surface area contributed by atoms with Crippen molar-refractivity contribution in [1.82, 2.24) is 49.8 Å². The Balaban J connectivity index is 0.000000139. The lowest BCUT2D eigenvalue weighted by Gasteiger charge is -2.17. The van der Waals surface area contributed by atoms with Crippen LogP contribution in [0.3, 0.4) is 0 Å². The average molecular weight is 1380 g/mol. The highest BCUT2D eigenvalue weighted by Gasteiger charge is 2.21. The molecule has 10 heteroatoms. The third-order valence-corrected chi connectivity index (χ3v) is 21.1. The van der Waals surface area contributed by atoms with Gasteiger partial charge in [0.1, 0.15) is 0 Å². The molecule has 10 nitrogen and oxygen atoms in total. The first kappa shape index (κ1) is 61.9. The minimum absolute atomic E-state index is 0.910. The normalized spacial score (nSPS) is 11.7. The van der Waals surface area contributed by atoms with Crippen molar-refractivity contribution in [2.45, 2.75) is 0 Å². The fourth-order valence-electron chi connectivity index (χ4n) is 15.7. The molecular formula is C98H58N10. The van der Waals surface area contributed by atoms with E-state index < -0.39 is 0 Å². The highest BCUT2D eigenvalue weighted by atomic mass is 14.8. The number of fused-ring (bicyclic) bond motifs is 14. The van der Waals surface area contributed by atoms with Crippen LogP contribution in [0.4, 0.5) is 0 Å². The number of rotatable bonds is 8. The average Bonchev–Trinajstić information content (AvgIpc) is 0.726. The Morgan fingerprint density at radius 3 is 1.03 bits per heavy atom. The van der Waals surface area contributed by atoms with E-state index in [2.05, 4.69) is 312 Å². The maximum absolute atomic E-state index is 5.33. The van der Waals surface area contributed by atoms with E-state index in [0.29, 0.717) is 0 Å². The Kier molecular flexibility index (Phi) is 14.7. The standard InChI is InChI=1S/C53H31N5.C45H27N5/c1-3-11-42-40(9-1)50(41-10-2-4-12-43(41)51(42)49-24-16-34-15-14-33-8-6-27-55-52(33)53(34)58-49)48-25-20-38-30-36(18-22-46(38)57-48)35-17-21-45-37(29-35)19-23-47(56-45)39-13-5-7-32-26-28-54-31-44(32)39;1-3-36-27-46-24-22-37(36)38(5-1)43-21-16-35-26-33(14-19-42(35)49-43)32-13-18-41-34(25-32)15-20-39(48-41)28-6-8-29(9-7-28)40-17-12-31-11-10-30-4-2-23-47-44(30)45(31)50-40/h1-31H;1-27H. The molecule has 0 aliphatic heterocycles. The zero-order valence-electron chi connectivity index (χ0n) is 58.0. The predicted molar refractivity (Wildman–Crippen MR) is 444 cm³/mol. The van der Waals surface area contributed by atoms with E-state index in [-0.39, 0.29) is 0 Å². The summed E-state index contributed by atoms with van der Waals surface area (Å²) >= 11 is 0. The first-order valence-corrected chi connectivity index (χ1v) is 36.1. The van der Waals surface area contributed by atoms with Crippen LogP contribution < -0.4 is 0 Å². The summed E-state index contributed by atoms with van der Waals surface area (Å²) in [6.45, 7) is 0. The topological polar surface area (TPSA) is 129 Å².